The van der Waals surface area contributed by atoms with E-state index in [0.717, 1.165) is 36.3 Å². The fraction of sp³-hybridized carbons (Fsp3) is 0.571. The van der Waals surface area contributed by atoms with Gasteiger partial charge in [0.1, 0.15) is 0 Å². The van der Waals surface area contributed by atoms with Gasteiger partial charge in [-0.25, -0.2) is 0 Å². The summed E-state index contributed by atoms with van der Waals surface area (Å²) in [6, 6.07) is 6.06. The lowest BCUT2D eigenvalue weighted by molar-refractivity contribution is -0.121. The molecule has 28 heavy (non-hydrogen) atoms. The normalized spacial score (nSPS) is 20.4. The van der Waals surface area contributed by atoms with Crippen LogP contribution in [0.1, 0.15) is 44.1 Å². The Bertz CT molecular complexity index is 802. The summed E-state index contributed by atoms with van der Waals surface area (Å²) in [5.41, 5.74) is 0.569. The highest BCUT2D eigenvalue weighted by molar-refractivity contribution is 5.76. The number of carbonyl (C=O) groups excluding carboxylic acids is 1. The van der Waals surface area contributed by atoms with Gasteiger partial charge in [-0.2, -0.15) is 10.2 Å². The van der Waals surface area contributed by atoms with E-state index in [0.29, 0.717) is 39.0 Å². The van der Waals surface area contributed by atoms with Gasteiger partial charge in [-0.1, -0.05) is 6.07 Å². The first kappa shape index (κ1) is 18.8. The maximum absolute atomic E-state index is 12.5. The van der Waals surface area contributed by atoms with Crippen LogP contribution in [0, 0.1) is 12.3 Å². The van der Waals surface area contributed by atoms with Crippen LogP contribution in [0.4, 0.5) is 0 Å². The van der Waals surface area contributed by atoms with E-state index < -0.39 is 5.66 Å². The number of hydrogen-bond donors (Lipinski definition) is 1. The molecular weight excluding hydrogens is 358 g/mol. The summed E-state index contributed by atoms with van der Waals surface area (Å²) in [6.45, 7) is 2.18. The molecule has 7 heteroatoms. The van der Waals surface area contributed by atoms with E-state index in [1.807, 2.05) is 12.1 Å². The van der Waals surface area contributed by atoms with E-state index in [-0.39, 0.29) is 18.1 Å². The first-order chi connectivity index (χ1) is 13.6. The molecule has 1 amide bonds. The zero-order valence-electron chi connectivity index (χ0n) is 15.9. The number of nitrogens with one attached hydrogen (secondary N) is 1. The second-order valence-electron chi connectivity index (χ2n) is 7.62. The second-order valence-corrected chi connectivity index (χ2v) is 7.62. The molecule has 0 aliphatic carbocycles. The Labute approximate surface area is 164 Å². The molecule has 3 aliphatic rings. The van der Waals surface area contributed by atoms with Gasteiger partial charge in [0.15, 0.2) is 17.2 Å². The van der Waals surface area contributed by atoms with Crippen LogP contribution in [0.15, 0.2) is 28.4 Å². The average Bonchev–Trinajstić information content (AvgIpc) is 3.35. The SMILES string of the molecule is C#CCCC1(CCC(=O)NCC2(c3ccc4c(c3)OCO4)CCOCC2)N=N1. The van der Waals surface area contributed by atoms with Gasteiger partial charge in [-0.3, -0.25) is 4.79 Å². The first-order valence-electron chi connectivity index (χ1n) is 9.77. The molecule has 1 fully saturated rings. The zero-order chi connectivity index (χ0) is 19.5. The molecule has 3 heterocycles. The monoisotopic (exact) mass is 383 g/mol. The molecule has 0 atom stereocenters. The van der Waals surface area contributed by atoms with Crippen molar-refractivity contribution in [3.8, 4) is 23.8 Å². The van der Waals surface area contributed by atoms with Gasteiger partial charge < -0.3 is 19.5 Å². The van der Waals surface area contributed by atoms with Crippen LogP contribution < -0.4 is 14.8 Å². The van der Waals surface area contributed by atoms with E-state index in [9.17, 15) is 4.79 Å². The highest BCUT2D eigenvalue weighted by Gasteiger charge is 2.40. The molecule has 4 rings (SSSR count). The first-order valence-corrected chi connectivity index (χ1v) is 9.77. The molecule has 1 N–H and O–H groups in total. The summed E-state index contributed by atoms with van der Waals surface area (Å²) in [5, 5.41) is 11.3. The number of ether oxygens (including phenoxy) is 3. The van der Waals surface area contributed by atoms with Crippen molar-refractivity contribution in [2.24, 2.45) is 10.2 Å². The van der Waals surface area contributed by atoms with Gasteiger partial charge in [-0.15, -0.1) is 12.3 Å². The maximum Gasteiger partial charge on any atom is 0.231 e. The quantitative estimate of drug-likeness (QED) is 0.700. The topological polar surface area (TPSA) is 81.5 Å². The summed E-state index contributed by atoms with van der Waals surface area (Å²) < 4.78 is 16.5. The summed E-state index contributed by atoms with van der Waals surface area (Å²) in [5.74, 6) is 4.16. The number of fused-ring (bicyclic) bond motifs is 1. The Hall–Kier alpha value is -2.59. The third-order valence-corrected chi connectivity index (χ3v) is 5.86. The van der Waals surface area contributed by atoms with Gasteiger partial charge in [0.2, 0.25) is 12.7 Å². The van der Waals surface area contributed by atoms with Crippen molar-refractivity contribution in [3.63, 3.8) is 0 Å². The van der Waals surface area contributed by atoms with Crippen molar-refractivity contribution in [3.05, 3.63) is 23.8 Å². The van der Waals surface area contributed by atoms with Gasteiger partial charge >= 0.3 is 0 Å². The average molecular weight is 383 g/mol. The van der Waals surface area contributed by atoms with Crippen LogP contribution in [0.2, 0.25) is 0 Å². The molecule has 0 saturated carbocycles. The number of rotatable bonds is 8. The molecule has 1 aromatic rings. The van der Waals surface area contributed by atoms with E-state index in [2.05, 4.69) is 27.5 Å². The summed E-state index contributed by atoms with van der Waals surface area (Å²) >= 11 is 0. The lowest BCUT2D eigenvalue weighted by Crippen LogP contribution is -2.44. The van der Waals surface area contributed by atoms with Crippen molar-refractivity contribution in [2.45, 2.75) is 49.6 Å². The molecular formula is C21H25N3O4. The van der Waals surface area contributed by atoms with Crippen LogP contribution >= 0.6 is 0 Å². The van der Waals surface area contributed by atoms with E-state index in [1.54, 1.807) is 0 Å². The minimum absolute atomic E-state index is 0.0176. The summed E-state index contributed by atoms with van der Waals surface area (Å²) in [6.07, 6.45) is 9.37. The fourth-order valence-corrected chi connectivity index (χ4v) is 3.89. The van der Waals surface area contributed by atoms with Crippen molar-refractivity contribution in [2.75, 3.05) is 26.6 Å². The largest absolute Gasteiger partial charge is 0.454 e. The van der Waals surface area contributed by atoms with Crippen molar-refractivity contribution < 1.29 is 19.0 Å². The lowest BCUT2D eigenvalue weighted by Gasteiger charge is -2.38. The number of amides is 1. The highest BCUT2D eigenvalue weighted by Crippen LogP contribution is 2.41. The third kappa shape index (κ3) is 3.97. The number of nitrogens with zero attached hydrogens (tertiary/aromatic N) is 2. The minimum atomic E-state index is -0.419. The Balaban J connectivity index is 1.37. The number of hydrogen-bond acceptors (Lipinski definition) is 6. The van der Waals surface area contributed by atoms with Gasteiger partial charge in [0.05, 0.1) is 0 Å². The molecule has 3 aliphatic heterocycles. The molecule has 1 aromatic carbocycles. The molecule has 1 saturated heterocycles. The third-order valence-electron chi connectivity index (χ3n) is 5.86. The van der Waals surface area contributed by atoms with Crippen molar-refractivity contribution in [1.29, 1.82) is 0 Å². The smallest absolute Gasteiger partial charge is 0.231 e. The van der Waals surface area contributed by atoms with Crippen molar-refractivity contribution >= 4 is 5.91 Å². The predicted octanol–water partition coefficient (Wildman–Crippen LogP) is 2.94. The van der Waals surface area contributed by atoms with Crippen LogP contribution in [-0.2, 0) is 14.9 Å². The number of carbonyl (C=O) groups is 1. The molecule has 0 radical (unpaired) electrons. The molecule has 148 valence electrons. The number of benzene rings is 1. The summed E-state index contributed by atoms with van der Waals surface area (Å²) in [7, 11) is 0. The fourth-order valence-electron chi connectivity index (χ4n) is 3.89. The van der Waals surface area contributed by atoms with Gasteiger partial charge in [0.25, 0.3) is 0 Å². The standard InChI is InChI=1S/C21H25N3O4/c1-2-3-7-21(23-24-21)8-6-19(25)22-14-20(9-11-26-12-10-20)16-4-5-17-18(13-16)28-15-27-17/h1,4-5,13H,3,6-12,14-15H2,(H,22,25). The van der Waals surface area contributed by atoms with Crippen LogP contribution in [0.5, 0.6) is 11.5 Å². The maximum atomic E-state index is 12.5. The minimum Gasteiger partial charge on any atom is -0.454 e. The van der Waals surface area contributed by atoms with Gasteiger partial charge in [-0.05, 0) is 30.5 Å². The van der Waals surface area contributed by atoms with Crippen LogP contribution in [0.25, 0.3) is 0 Å². The van der Waals surface area contributed by atoms with Gasteiger partial charge in [0, 0.05) is 50.9 Å². The highest BCUT2D eigenvalue weighted by atomic mass is 16.7. The molecule has 0 spiro atoms. The Kier molecular flexibility index (Phi) is 5.23. The van der Waals surface area contributed by atoms with E-state index >= 15 is 0 Å². The number of terminal acetylenes is 1. The van der Waals surface area contributed by atoms with Crippen molar-refractivity contribution in [1.82, 2.24) is 5.32 Å². The zero-order valence-corrected chi connectivity index (χ0v) is 15.9. The summed E-state index contributed by atoms with van der Waals surface area (Å²) in [4.78, 5) is 12.5. The molecule has 0 aromatic heterocycles. The molecule has 0 unspecified atom stereocenters. The van der Waals surface area contributed by atoms with Crippen LogP contribution in [-0.4, -0.2) is 38.1 Å². The molecule has 0 bridgehead atoms. The second kappa shape index (κ2) is 7.80. The predicted molar refractivity (Wildman–Crippen MR) is 102 cm³/mol. The van der Waals surface area contributed by atoms with E-state index in [1.165, 1.54) is 0 Å². The Morgan fingerprint density at radius 1 is 1.18 bits per heavy atom. The lowest BCUT2D eigenvalue weighted by atomic mass is 9.74. The Morgan fingerprint density at radius 2 is 1.96 bits per heavy atom. The Morgan fingerprint density at radius 3 is 2.71 bits per heavy atom. The molecule has 7 nitrogen and oxygen atoms in total. The van der Waals surface area contributed by atoms with E-state index in [4.69, 9.17) is 20.6 Å². The van der Waals surface area contributed by atoms with Crippen LogP contribution in [0.3, 0.4) is 0 Å².